The van der Waals surface area contributed by atoms with Crippen LogP contribution in [0.4, 0.5) is 17.1 Å². The fraction of sp³-hybridized carbons (Fsp3) is 0.167. The first-order valence-corrected chi connectivity index (χ1v) is 11.2. The minimum Gasteiger partial charge on any atom is -0.326 e. The highest BCUT2D eigenvalue weighted by atomic mass is 32.2. The maximum absolute atomic E-state index is 12.7. The Bertz CT molecular complexity index is 1140. The molecule has 0 unspecified atom stereocenters. The summed E-state index contributed by atoms with van der Waals surface area (Å²) in [6.45, 7) is 0.640. The zero-order valence-corrected chi connectivity index (χ0v) is 18.1. The van der Waals surface area contributed by atoms with Crippen LogP contribution in [0.15, 0.2) is 78.0 Å². The van der Waals surface area contributed by atoms with Crippen LogP contribution >= 0.6 is 11.8 Å². The van der Waals surface area contributed by atoms with Crippen LogP contribution in [-0.2, 0) is 9.59 Å². The van der Waals surface area contributed by atoms with E-state index in [-0.39, 0.29) is 30.6 Å². The SMILES string of the molecule is O=C(CCC(=O)N1CCSc2ccccc21)Nc1cccc(NC(=O)c2ccncc2)c1. The summed E-state index contributed by atoms with van der Waals surface area (Å²) >= 11 is 1.73. The minimum atomic E-state index is -0.263. The first-order chi connectivity index (χ1) is 15.6. The van der Waals surface area contributed by atoms with Crippen molar-refractivity contribution in [2.24, 2.45) is 0 Å². The Balaban J connectivity index is 1.31. The number of fused-ring (bicyclic) bond motifs is 1. The van der Waals surface area contributed by atoms with E-state index >= 15 is 0 Å². The second-order valence-corrected chi connectivity index (χ2v) is 8.32. The van der Waals surface area contributed by atoms with E-state index in [0.717, 1.165) is 16.3 Å². The standard InChI is InChI=1S/C24H22N4O3S/c29-22(8-9-23(30)28-14-15-32-21-7-2-1-6-20(21)28)26-18-4-3-5-19(16-18)27-24(31)17-10-12-25-13-11-17/h1-7,10-13,16H,8-9,14-15H2,(H,26,29)(H,27,31). The molecule has 3 aromatic rings. The zero-order chi connectivity index (χ0) is 22.3. The highest BCUT2D eigenvalue weighted by Gasteiger charge is 2.22. The molecule has 0 aliphatic carbocycles. The molecule has 2 aromatic carbocycles. The number of hydrogen-bond acceptors (Lipinski definition) is 5. The van der Waals surface area contributed by atoms with Crippen molar-refractivity contribution in [2.45, 2.75) is 17.7 Å². The second kappa shape index (κ2) is 10.1. The molecule has 7 nitrogen and oxygen atoms in total. The number of para-hydroxylation sites is 1. The van der Waals surface area contributed by atoms with Crippen molar-refractivity contribution in [1.82, 2.24) is 4.98 Å². The quantitative estimate of drug-likeness (QED) is 0.592. The number of anilines is 3. The van der Waals surface area contributed by atoms with Gasteiger partial charge < -0.3 is 15.5 Å². The summed E-state index contributed by atoms with van der Waals surface area (Å²) in [5.74, 6) is 0.260. The second-order valence-electron chi connectivity index (χ2n) is 7.18. The van der Waals surface area contributed by atoms with Crippen LogP contribution in [0, 0.1) is 0 Å². The molecular weight excluding hydrogens is 424 g/mol. The lowest BCUT2D eigenvalue weighted by atomic mass is 10.2. The summed E-state index contributed by atoms with van der Waals surface area (Å²) in [5, 5.41) is 5.59. The van der Waals surface area contributed by atoms with Gasteiger partial charge in [-0.2, -0.15) is 0 Å². The summed E-state index contributed by atoms with van der Waals surface area (Å²) < 4.78 is 0. The van der Waals surface area contributed by atoms with E-state index in [2.05, 4.69) is 15.6 Å². The fourth-order valence-corrected chi connectivity index (χ4v) is 4.38. The predicted molar refractivity (Wildman–Crippen MR) is 126 cm³/mol. The number of nitrogens with zero attached hydrogens (tertiary/aromatic N) is 2. The molecule has 32 heavy (non-hydrogen) atoms. The van der Waals surface area contributed by atoms with Crippen molar-refractivity contribution in [2.75, 3.05) is 27.8 Å². The number of amides is 3. The molecule has 0 bridgehead atoms. The smallest absolute Gasteiger partial charge is 0.255 e. The lowest BCUT2D eigenvalue weighted by Crippen LogP contribution is -2.35. The summed E-state index contributed by atoms with van der Waals surface area (Å²) in [6.07, 6.45) is 3.31. The molecule has 2 heterocycles. The Morgan fingerprint density at radius 2 is 1.66 bits per heavy atom. The van der Waals surface area contributed by atoms with Crippen molar-refractivity contribution in [3.05, 3.63) is 78.6 Å². The van der Waals surface area contributed by atoms with Gasteiger partial charge in [0.2, 0.25) is 11.8 Å². The lowest BCUT2D eigenvalue weighted by Gasteiger charge is -2.29. The van der Waals surface area contributed by atoms with Crippen molar-refractivity contribution in [3.63, 3.8) is 0 Å². The number of benzene rings is 2. The van der Waals surface area contributed by atoms with Gasteiger partial charge >= 0.3 is 0 Å². The van der Waals surface area contributed by atoms with Crippen LogP contribution in [0.2, 0.25) is 0 Å². The summed E-state index contributed by atoms with van der Waals surface area (Å²) in [4.78, 5) is 44.2. The van der Waals surface area contributed by atoms with Gasteiger partial charge in [0, 0.05) is 59.4 Å². The third kappa shape index (κ3) is 5.33. The molecular formula is C24H22N4O3S. The van der Waals surface area contributed by atoms with E-state index < -0.39 is 0 Å². The number of carbonyl (C=O) groups excluding carboxylic acids is 3. The Labute approximate surface area is 190 Å². The monoisotopic (exact) mass is 446 g/mol. The van der Waals surface area contributed by atoms with Crippen LogP contribution < -0.4 is 15.5 Å². The van der Waals surface area contributed by atoms with E-state index in [1.54, 1.807) is 65.5 Å². The van der Waals surface area contributed by atoms with E-state index in [4.69, 9.17) is 0 Å². The highest BCUT2D eigenvalue weighted by Crippen LogP contribution is 2.34. The number of thioether (sulfide) groups is 1. The largest absolute Gasteiger partial charge is 0.326 e. The summed E-state index contributed by atoms with van der Waals surface area (Å²) in [6, 6.07) is 18.0. The van der Waals surface area contributed by atoms with Crippen molar-refractivity contribution in [1.29, 1.82) is 0 Å². The van der Waals surface area contributed by atoms with Crippen molar-refractivity contribution in [3.8, 4) is 0 Å². The Morgan fingerprint density at radius 1 is 0.906 bits per heavy atom. The number of pyridine rings is 1. The van der Waals surface area contributed by atoms with Gasteiger partial charge in [-0.1, -0.05) is 18.2 Å². The molecule has 1 aliphatic rings. The topological polar surface area (TPSA) is 91.4 Å². The van der Waals surface area contributed by atoms with Crippen molar-refractivity contribution >= 4 is 46.5 Å². The number of nitrogens with one attached hydrogen (secondary N) is 2. The summed E-state index contributed by atoms with van der Waals surface area (Å²) in [5.41, 5.74) is 2.51. The zero-order valence-electron chi connectivity index (χ0n) is 17.3. The number of rotatable bonds is 6. The number of hydrogen-bond donors (Lipinski definition) is 2. The van der Waals surface area contributed by atoms with Gasteiger partial charge in [0.25, 0.3) is 5.91 Å². The maximum atomic E-state index is 12.7. The van der Waals surface area contributed by atoms with Crippen LogP contribution in [0.1, 0.15) is 23.2 Å². The van der Waals surface area contributed by atoms with Gasteiger partial charge in [0.15, 0.2) is 0 Å². The maximum Gasteiger partial charge on any atom is 0.255 e. The molecule has 0 saturated heterocycles. The average molecular weight is 447 g/mol. The highest BCUT2D eigenvalue weighted by molar-refractivity contribution is 7.99. The molecule has 0 fully saturated rings. The van der Waals surface area contributed by atoms with Gasteiger partial charge in [-0.05, 0) is 42.5 Å². The van der Waals surface area contributed by atoms with Crippen LogP contribution in [0.5, 0.6) is 0 Å². The first-order valence-electron chi connectivity index (χ1n) is 10.2. The molecule has 1 aromatic heterocycles. The molecule has 0 radical (unpaired) electrons. The normalized spacial score (nSPS) is 12.6. The van der Waals surface area contributed by atoms with E-state index in [1.807, 2.05) is 24.3 Å². The predicted octanol–water partition coefficient (Wildman–Crippen LogP) is 4.19. The number of carbonyl (C=O) groups is 3. The molecule has 0 saturated carbocycles. The van der Waals surface area contributed by atoms with E-state index in [9.17, 15) is 14.4 Å². The summed E-state index contributed by atoms with van der Waals surface area (Å²) in [7, 11) is 0. The van der Waals surface area contributed by atoms with Gasteiger partial charge in [-0.3, -0.25) is 19.4 Å². The lowest BCUT2D eigenvalue weighted by molar-refractivity contribution is -0.122. The molecule has 3 amide bonds. The van der Waals surface area contributed by atoms with Crippen LogP contribution in [0.25, 0.3) is 0 Å². The molecule has 0 spiro atoms. The van der Waals surface area contributed by atoms with Gasteiger partial charge in [0.05, 0.1) is 5.69 Å². The molecule has 4 rings (SSSR count). The molecule has 162 valence electrons. The van der Waals surface area contributed by atoms with Gasteiger partial charge in [-0.15, -0.1) is 11.8 Å². The van der Waals surface area contributed by atoms with Crippen molar-refractivity contribution < 1.29 is 14.4 Å². The third-order valence-corrected chi connectivity index (χ3v) is 5.99. The third-order valence-electron chi connectivity index (χ3n) is 4.94. The van der Waals surface area contributed by atoms with Crippen LogP contribution in [-0.4, -0.2) is 35.0 Å². The first kappa shape index (κ1) is 21.6. The average Bonchev–Trinajstić information content (AvgIpc) is 2.83. The minimum absolute atomic E-state index is 0.0636. The molecule has 8 heteroatoms. The Kier molecular flexibility index (Phi) is 6.81. The Morgan fingerprint density at radius 3 is 2.47 bits per heavy atom. The van der Waals surface area contributed by atoms with Gasteiger partial charge in [-0.25, -0.2) is 0 Å². The van der Waals surface area contributed by atoms with E-state index in [0.29, 0.717) is 23.5 Å². The number of aromatic nitrogens is 1. The molecule has 0 atom stereocenters. The molecule has 1 aliphatic heterocycles. The molecule has 2 N–H and O–H groups in total. The van der Waals surface area contributed by atoms with Crippen LogP contribution in [0.3, 0.4) is 0 Å². The van der Waals surface area contributed by atoms with Gasteiger partial charge in [0.1, 0.15) is 0 Å². The Hall–Kier alpha value is -3.65. The van der Waals surface area contributed by atoms with E-state index in [1.165, 1.54) is 0 Å². The fourth-order valence-electron chi connectivity index (χ4n) is 3.39.